The van der Waals surface area contributed by atoms with Gasteiger partial charge >= 0.3 is 6.18 Å². The average Bonchev–Trinajstić information content (AvgIpc) is 2.60. The number of halogens is 4. The molecule has 8 heteroatoms. The van der Waals surface area contributed by atoms with Gasteiger partial charge in [-0.05, 0) is 17.7 Å². The molecule has 0 spiro atoms. The summed E-state index contributed by atoms with van der Waals surface area (Å²) >= 11 is 0. The summed E-state index contributed by atoms with van der Waals surface area (Å²) in [6, 6.07) is 7.12. The highest BCUT2D eigenvalue weighted by Crippen LogP contribution is 2.45. The highest BCUT2D eigenvalue weighted by molar-refractivity contribution is 5.77. The number of benzene rings is 2. The van der Waals surface area contributed by atoms with Crippen molar-refractivity contribution in [3.05, 3.63) is 47.8 Å². The van der Waals surface area contributed by atoms with Crippen molar-refractivity contribution in [1.82, 2.24) is 5.32 Å². The normalized spacial score (nSPS) is 12.7. The van der Waals surface area contributed by atoms with Crippen molar-refractivity contribution in [1.29, 1.82) is 0 Å². The van der Waals surface area contributed by atoms with Crippen LogP contribution in [0.1, 0.15) is 12.5 Å². The van der Waals surface area contributed by atoms with E-state index in [2.05, 4.69) is 5.32 Å². The van der Waals surface area contributed by atoms with Gasteiger partial charge in [0.15, 0.2) is 11.5 Å². The number of alkyl halides is 3. The lowest BCUT2D eigenvalue weighted by atomic mass is 9.97. The minimum absolute atomic E-state index is 0.00463. The van der Waals surface area contributed by atoms with Crippen LogP contribution >= 0.6 is 0 Å². The summed E-state index contributed by atoms with van der Waals surface area (Å²) in [5.74, 6) is -0.413. The van der Waals surface area contributed by atoms with E-state index in [1.54, 1.807) is 7.05 Å². The predicted molar refractivity (Wildman–Crippen MR) is 87.6 cm³/mol. The second kappa shape index (κ2) is 8.07. The quantitative estimate of drug-likeness (QED) is 0.770. The zero-order valence-corrected chi connectivity index (χ0v) is 14.1. The van der Waals surface area contributed by atoms with E-state index in [1.165, 1.54) is 25.1 Å². The first-order valence-electron chi connectivity index (χ1n) is 7.68. The summed E-state index contributed by atoms with van der Waals surface area (Å²) in [6.07, 6.45) is -4.54. The Bertz CT molecular complexity index is 790. The molecule has 1 heterocycles. The number of amides is 1. The van der Waals surface area contributed by atoms with E-state index in [9.17, 15) is 22.4 Å². The van der Waals surface area contributed by atoms with Gasteiger partial charge in [-0.2, -0.15) is 13.2 Å². The Morgan fingerprint density at radius 2 is 1.69 bits per heavy atom. The lowest BCUT2D eigenvalue weighted by molar-refractivity contribution is -0.137. The van der Waals surface area contributed by atoms with E-state index < -0.39 is 17.6 Å². The Hall–Kier alpha value is -2.77. The summed E-state index contributed by atoms with van der Waals surface area (Å²) in [5, 5.41) is 2.39. The fourth-order valence-corrected chi connectivity index (χ4v) is 2.29. The predicted octanol–water partition coefficient (Wildman–Crippen LogP) is 4.04. The van der Waals surface area contributed by atoms with Crippen LogP contribution in [0, 0.1) is 5.82 Å². The number of carbonyl (C=O) groups excluding carboxylic acids is 1. The van der Waals surface area contributed by atoms with Gasteiger partial charge in [0, 0.05) is 25.6 Å². The maximum absolute atomic E-state index is 13.7. The Balaban J connectivity index is 0.000000431. The summed E-state index contributed by atoms with van der Waals surface area (Å²) < 4.78 is 63.6. The van der Waals surface area contributed by atoms with Crippen LogP contribution in [0.3, 0.4) is 0 Å². The molecular formula is C18H17F4NO3. The number of nitrogens with one attached hydrogen (secondary N) is 1. The number of hydrogen-bond donors (Lipinski definition) is 1. The van der Waals surface area contributed by atoms with Crippen LogP contribution in [0.15, 0.2) is 36.4 Å². The molecule has 1 N–H and O–H groups in total. The van der Waals surface area contributed by atoms with E-state index >= 15 is 0 Å². The molecule has 3 rings (SSSR count). The van der Waals surface area contributed by atoms with E-state index in [1.807, 2.05) is 0 Å². The van der Waals surface area contributed by atoms with Gasteiger partial charge in [0.05, 0.1) is 5.56 Å². The van der Waals surface area contributed by atoms with Gasteiger partial charge in [-0.25, -0.2) is 4.39 Å². The minimum atomic E-state index is -4.54. The number of rotatable bonds is 1. The van der Waals surface area contributed by atoms with E-state index in [4.69, 9.17) is 9.47 Å². The second-order valence-corrected chi connectivity index (χ2v) is 5.33. The van der Waals surface area contributed by atoms with Crippen LogP contribution in [0.5, 0.6) is 11.5 Å². The van der Waals surface area contributed by atoms with E-state index in [0.29, 0.717) is 0 Å². The maximum atomic E-state index is 13.7. The average molecular weight is 371 g/mol. The third kappa shape index (κ3) is 4.65. The van der Waals surface area contributed by atoms with Crippen molar-refractivity contribution >= 4 is 5.91 Å². The molecule has 2 aromatic carbocycles. The first kappa shape index (κ1) is 19.6. The van der Waals surface area contributed by atoms with Gasteiger partial charge in [0.2, 0.25) is 5.91 Å². The number of hydrogen-bond acceptors (Lipinski definition) is 3. The SMILES string of the molecule is CNC(C)=O.Fc1cc2c(c(-c3ccccc3C(F)(F)F)c1)OCCO2. The zero-order chi connectivity index (χ0) is 19.3. The minimum Gasteiger partial charge on any atom is -0.486 e. The Morgan fingerprint density at radius 3 is 2.31 bits per heavy atom. The van der Waals surface area contributed by atoms with Gasteiger partial charge in [-0.3, -0.25) is 4.79 Å². The molecule has 140 valence electrons. The Kier molecular flexibility index (Phi) is 6.07. The van der Waals surface area contributed by atoms with Crippen LogP contribution < -0.4 is 14.8 Å². The van der Waals surface area contributed by atoms with Crippen molar-refractivity contribution in [2.75, 3.05) is 20.3 Å². The lowest BCUT2D eigenvalue weighted by Gasteiger charge is -2.22. The Labute approximate surface area is 147 Å². The zero-order valence-electron chi connectivity index (χ0n) is 14.1. The molecule has 1 aliphatic heterocycles. The highest BCUT2D eigenvalue weighted by atomic mass is 19.4. The van der Waals surface area contributed by atoms with Crippen LogP contribution in [0.2, 0.25) is 0 Å². The summed E-state index contributed by atoms with van der Waals surface area (Å²) in [6.45, 7) is 1.91. The fraction of sp³-hybridized carbons (Fsp3) is 0.278. The molecule has 4 nitrogen and oxygen atoms in total. The molecule has 0 unspecified atom stereocenters. The maximum Gasteiger partial charge on any atom is 0.417 e. The van der Waals surface area contributed by atoms with Gasteiger partial charge in [-0.1, -0.05) is 18.2 Å². The van der Waals surface area contributed by atoms with E-state index in [0.717, 1.165) is 18.2 Å². The molecule has 0 saturated heterocycles. The van der Waals surface area contributed by atoms with Crippen LogP contribution in [-0.2, 0) is 11.0 Å². The molecule has 1 amide bonds. The fourth-order valence-electron chi connectivity index (χ4n) is 2.29. The van der Waals surface area contributed by atoms with Crippen molar-refractivity contribution in [3.63, 3.8) is 0 Å². The number of ether oxygens (including phenoxy) is 2. The molecule has 0 fully saturated rings. The van der Waals surface area contributed by atoms with Crippen LogP contribution in [0.25, 0.3) is 11.1 Å². The molecule has 0 radical (unpaired) electrons. The number of carbonyl (C=O) groups is 1. The summed E-state index contributed by atoms with van der Waals surface area (Å²) in [7, 11) is 1.60. The van der Waals surface area contributed by atoms with Gasteiger partial charge in [-0.15, -0.1) is 0 Å². The van der Waals surface area contributed by atoms with Gasteiger partial charge in [0.1, 0.15) is 19.0 Å². The molecule has 1 aliphatic rings. The molecular weight excluding hydrogens is 354 g/mol. The van der Waals surface area contributed by atoms with Gasteiger partial charge < -0.3 is 14.8 Å². The van der Waals surface area contributed by atoms with Gasteiger partial charge in [0.25, 0.3) is 0 Å². The Morgan fingerprint density at radius 1 is 1.08 bits per heavy atom. The molecule has 0 bridgehead atoms. The van der Waals surface area contributed by atoms with E-state index in [-0.39, 0.29) is 41.7 Å². The standard InChI is InChI=1S/C15H10F4O2.C3H7NO/c16-9-7-11(14-13(8-9)20-5-6-21-14)10-3-1-2-4-12(10)15(17,18)19;1-3(5)4-2/h1-4,7-8H,5-6H2;1-2H3,(H,4,5). The smallest absolute Gasteiger partial charge is 0.417 e. The molecule has 0 atom stereocenters. The lowest BCUT2D eigenvalue weighted by Crippen LogP contribution is -2.16. The summed E-state index contributed by atoms with van der Waals surface area (Å²) in [4.78, 5) is 9.70. The first-order valence-corrected chi connectivity index (χ1v) is 7.68. The first-order chi connectivity index (χ1) is 12.2. The van der Waals surface area contributed by atoms with Crippen LogP contribution in [-0.4, -0.2) is 26.2 Å². The van der Waals surface area contributed by atoms with Crippen molar-refractivity contribution in [2.24, 2.45) is 0 Å². The largest absolute Gasteiger partial charge is 0.486 e. The van der Waals surface area contributed by atoms with Crippen molar-refractivity contribution < 1.29 is 31.8 Å². The summed E-state index contributed by atoms with van der Waals surface area (Å²) in [5.41, 5.74) is -0.934. The highest BCUT2D eigenvalue weighted by Gasteiger charge is 2.34. The van der Waals surface area contributed by atoms with Crippen molar-refractivity contribution in [2.45, 2.75) is 13.1 Å². The molecule has 2 aromatic rings. The van der Waals surface area contributed by atoms with Crippen molar-refractivity contribution in [3.8, 4) is 22.6 Å². The molecule has 0 aliphatic carbocycles. The third-order valence-corrected chi connectivity index (χ3v) is 3.48. The molecule has 0 aromatic heterocycles. The van der Waals surface area contributed by atoms with Crippen LogP contribution in [0.4, 0.5) is 17.6 Å². The second-order valence-electron chi connectivity index (χ2n) is 5.33. The molecule has 0 saturated carbocycles. The monoisotopic (exact) mass is 371 g/mol. The topological polar surface area (TPSA) is 47.6 Å². The number of fused-ring (bicyclic) bond motifs is 1. The third-order valence-electron chi connectivity index (χ3n) is 3.48. The molecule has 26 heavy (non-hydrogen) atoms.